The van der Waals surface area contributed by atoms with E-state index in [0.29, 0.717) is 22.9 Å². The first-order valence-corrected chi connectivity index (χ1v) is 6.78. The van der Waals surface area contributed by atoms with Gasteiger partial charge in [-0.15, -0.1) is 0 Å². The van der Waals surface area contributed by atoms with Gasteiger partial charge in [0.2, 0.25) is 0 Å². The molecule has 0 radical (unpaired) electrons. The SMILES string of the molecule is CCNCc1ccc(F)c(COc2cncc(Cl)c2)c1. The van der Waals surface area contributed by atoms with Crippen molar-refractivity contribution in [1.82, 2.24) is 10.3 Å². The predicted octanol–water partition coefficient (Wildman–Crippen LogP) is 3.56. The molecule has 0 aliphatic carbocycles. The van der Waals surface area contributed by atoms with Gasteiger partial charge in [0.15, 0.2) is 0 Å². The topological polar surface area (TPSA) is 34.1 Å². The number of rotatable bonds is 6. The van der Waals surface area contributed by atoms with Crippen LogP contribution in [0.5, 0.6) is 5.75 Å². The Morgan fingerprint density at radius 1 is 1.30 bits per heavy atom. The van der Waals surface area contributed by atoms with E-state index in [1.54, 1.807) is 24.4 Å². The molecule has 0 unspecified atom stereocenters. The number of nitrogens with zero attached hydrogens (tertiary/aromatic N) is 1. The Morgan fingerprint density at radius 3 is 2.90 bits per heavy atom. The van der Waals surface area contributed by atoms with Crippen LogP contribution in [0.15, 0.2) is 36.7 Å². The molecule has 3 nitrogen and oxygen atoms in total. The van der Waals surface area contributed by atoms with E-state index >= 15 is 0 Å². The molecule has 2 rings (SSSR count). The van der Waals surface area contributed by atoms with E-state index in [0.717, 1.165) is 12.1 Å². The minimum atomic E-state index is -0.278. The molecule has 0 aliphatic heterocycles. The fourth-order valence-corrected chi connectivity index (χ4v) is 1.91. The monoisotopic (exact) mass is 294 g/mol. The minimum Gasteiger partial charge on any atom is -0.487 e. The first kappa shape index (κ1) is 14.8. The molecule has 1 heterocycles. The average molecular weight is 295 g/mol. The second kappa shape index (κ2) is 7.22. The summed E-state index contributed by atoms with van der Waals surface area (Å²) in [6.45, 7) is 3.76. The van der Waals surface area contributed by atoms with E-state index in [9.17, 15) is 4.39 Å². The molecule has 0 atom stereocenters. The fourth-order valence-electron chi connectivity index (χ4n) is 1.75. The molecule has 0 saturated carbocycles. The first-order valence-electron chi connectivity index (χ1n) is 6.40. The van der Waals surface area contributed by atoms with Crippen LogP contribution in [0, 0.1) is 5.82 Å². The summed E-state index contributed by atoms with van der Waals surface area (Å²) in [4.78, 5) is 3.92. The van der Waals surface area contributed by atoms with Gasteiger partial charge in [0.1, 0.15) is 18.2 Å². The van der Waals surface area contributed by atoms with Gasteiger partial charge < -0.3 is 10.1 Å². The second-order valence-electron chi connectivity index (χ2n) is 4.33. The van der Waals surface area contributed by atoms with Gasteiger partial charge >= 0.3 is 0 Å². The predicted molar refractivity (Wildman–Crippen MR) is 77.4 cm³/mol. The van der Waals surface area contributed by atoms with E-state index in [4.69, 9.17) is 16.3 Å². The van der Waals surface area contributed by atoms with Crippen LogP contribution in [0.2, 0.25) is 5.02 Å². The molecule has 0 saturated heterocycles. The van der Waals surface area contributed by atoms with Gasteiger partial charge in [0.25, 0.3) is 0 Å². The molecule has 106 valence electrons. The quantitative estimate of drug-likeness (QED) is 0.884. The molecule has 0 spiro atoms. The van der Waals surface area contributed by atoms with Gasteiger partial charge in [-0.05, 0) is 24.2 Å². The number of halogens is 2. The van der Waals surface area contributed by atoms with Gasteiger partial charge in [-0.1, -0.05) is 24.6 Å². The average Bonchev–Trinajstić information content (AvgIpc) is 2.45. The maximum atomic E-state index is 13.7. The highest BCUT2D eigenvalue weighted by molar-refractivity contribution is 6.30. The minimum absolute atomic E-state index is 0.147. The highest BCUT2D eigenvalue weighted by Gasteiger charge is 2.05. The number of hydrogen-bond donors (Lipinski definition) is 1. The molecule has 0 bridgehead atoms. The Hall–Kier alpha value is -1.65. The molecule has 0 fully saturated rings. The molecular weight excluding hydrogens is 279 g/mol. The molecule has 1 aromatic carbocycles. The lowest BCUT2D eigenvalue weighted by Gasteiger charge is -2.09. The van der Waals surface area contributed by atoms with Crippen molar-refractivity contribution in [3.63, 3.8) is 0 Å². The molecule has 1 aromatic heterocycles. The third-order valence-corrected chi connectivity index (χ3v) is 2.97. The van der Waals surface area contributed by atoms with Crippen LogP contribution in [0.4, 0.5) is 4.39 Å². The van der Waals surface area contributed by atoms with E-state index in [1.165, 1.54) is 12.3 Å². The summed E-state index contributed by atoms with van der Waals surface area (Å²) in [5, 5.41) is 3.69. The molecule has 1 N–H and O–H groups in total. The van der Waals surface area contributed by atoms with Gasteiger partial charge in [0.05, 0.1) is 11.2 Å². The highest BCUT2D eigenvalue weighted by atomic mass is 35.5. The largest absolute Gasteiger partial charge is 0.487 e. The Balaban J connectivity index is 2.04. The van der Waals surface area contributed by atoms with Gasteiger partial charge in [-0.3, -0.25) is 4.98 Å². The summed E-state index contributed by atoms with van der Waals surface area (Å²) in [7, 11) is 0. The van der Waals surface area contributed by atoms with E-state index in [-0.39, 0.29) is 12.4 Å². The highest BCUT2D eigenvalue weighted by Crippen LogP contribution is 2.18. The first-order chi connectivity index (χ1) is 9.69. The number of pyridine rings is 1. The Kier molecular flexibility index (Phi) is 5.32. The molecule has 5 heteroatoms. The zero-order chi connectivity index (χ0) is 14.4. The molecule has 2 aromatic rings. The maximum absolute atomic E-state index is 13.7. The number of hydrogen-bond acceptors (Lipinski definition) is 3. The second-order valence-corrected chi connectivity index (χ2v) is 4.77. The normalized spacial score (nSPS) is 10.6. The number of ether oxygens (including phenoxy) is 1. The van der Waals surface area contributed by atoms with Crippen molar-refractivity contribution in [1.29, 1.82) is 0 Å². The lowest BCUT2D eigenvalue weighted by atomic mass is 10.1. The smallest absolute Gasteiger partial charge is 0.139 e. The standard InChI is InChI=1S/C15H16ClFN2O/c1-2-18-7-11-3-4-15(17)12(5-11)10-20-14-6-13(16)8-19-9-14/h3-6,8-9,18H,2,7,10H2,1H3. The molecule has 20 heavy (non-hydrogen) atoms. The summed E-state index contributed by atoms with van der Waals surface area (Å²) < 4.78 is 19.2. The zero-order valence-electron chi connectivity index (χ0n) is 11.2. The van der Waals surface area contributed by atoms with Crippen LogP contribution in [0.25, 0.3) is 0 Å². The third-order valence-electron chi connectivity index (χ3n) is 2.76. The number of nitrogens with one attached hydrogen (secondary N) is 1. The lowest BCUT2D eigenvalue weighted by molar-refractivity contribution is 0.298. The summed E-state index contributed by atoms with van der Waals surface area (Å²) in [6.07, 6.45) is 3.07. The van der Waals surface area contributed by atoms with Crippen molar-refractivity contribution < 1.29 is 9.13 Å². The number of aromatic nitrogens is 1. The van der Waals surface area contributed by atoms with E-state index in [1.807, 2.05) is 6.92 Å². The Labute approximate surface area is 122 Å². The van der Waals surface area contributed by atoms with Crippen molar-refractivity contribution in [2.24, 2.45) is 0 Å². The summed E-state index contributed by atoms with van der Waals surface area (Å²) in [6, 6.07) is 6.68. The van der Waals surface area contributed by atoms with E-state index in [2.05, 4.69) is 10.3 Å². The molecule has 0 amide bonds. The Morgan fingerprint density at radius 2 is 2.15 bits per heavy atom. The summed E-state index contributed by atoms with van der Waals surface area (Å²) in [5.41, 5.74) is 1.54. The van der Waals surface area contributed by atoms with Gasteiger partial charge in [0, 0.05) is 24.4 Å². The zero-order valence-corrected chi connectivity index (χ0v) is 12.0. The molecule has 0 aliphatic rings. The fraction of sp³-hybridized carbons (Fsp3) is 0.267. The van der Waals surface area contributed by atoms with Crippen molar-refractivity contribution >= 4 is 11.6 Å². The van der Waals surface area contributed by atoms with Gasteiger partial charge in [-0.25, -0.2) is 4.39 Å². The Bertz CT molecular complexity index is 578. The van der Waals surface area contributed by atoms with E-state index < -0.39 is 0 Å². The van der Waals surface area contributed by atoms with Crippen molar-refractivity contribution in [3.05, 3.63) is 58.6 Å². The van der Waals surface area contributed by atoms with Crippen LogP contribution < -0.4 is 10.1 Å². The molecular formula is C15H16ClFN2O. The van der Waals surface area contributed by atoms with Gasteiger partial charge in [-0.2, -0.15) is 0 Å². The van der Waals surface area contributed by atoms with Crippen LogP contribution in [-0.2, 0) is 13.2 Å². The lowest BCUT2D eigenvalue weighted by Crippen LogP contribution is -2.12. The maximum Gasteiger partial charge on any atom is 0.139 e. The van der Waals surface area contributed by atoms with Crippen molar-refractivity contribution in [2.75, 3.05) is 6.54 Å². The van der Waals surface area contributed by atoms with Crippen LogP contribution >= 0.6 is 11.6 Å². The van der Waals surface area contributed by atoms with Crippen molar-refractivity contribution in [2.45, 2.75) is 20.1 Å². The van der Waals surface area contributed by atoms with Crippen LogP contribution in [-0.4, -0.2) is 11.5 Å². The third kappa shape index (κ3) is 4.18. The van der Waals surface area contributed by atoms with Crippen LogP contribution in [0.1, 0.15) is 18.1 Å². The van der Waals surface area contributed by atoms with Crippen LogP contribution in [0.3, 0.4) is 0 Å². The van der Waals surface area contributed by atoms with Crippen molar-refractivity contribution in [3.8, 4) is 5.75 Å². The number of benzene rings is 1. The summed E-state index contributed by atoms with van der Waals surface area (Å²) in [5.74, 6) is 0.245. The summed E-state index contributed by atoms with van der Waals surface area (Å²) >= 11 is 5.82.